The van der Waals surface area contributed by atoms with Crippen molar-refractivity contribution in [3.05, 3.63) is 12.7 Å². The van der Waals surface area contributed by atoms with Crippen LogP contribution in [0.5, 0.6) is 0 Å². The van der Waals surface area contributed by atoms with Crippen molar-refractivity contribution in [3.8, 4) is 0 Å². The smallest absolute Gasteiger partial charge is 0.251 e. The Morgan fingerprint density at radius 1 is 1.36 bits per heavy atom. The number of ether oxygens (including phenoxy) is 1. The predicted octanol–water partition coefficient (Wildman–Crippen LogP) is -3.50. The summed E-state index contributed by atoms with van der Waals surface area (Å²) in [6, 6.07) is 0. The first-order chi connectivity index (χ1) is 12.0. The van der Waals surface area contributed by atoms with Crippen LogP contribution in [0.3, 0.4) is 0 Å². The van der Waals surface area contributed by atoms with E-state index in [1.807, 2.05) is 0 Å². The molecule has 2 aromatic heterocycles. The van der Waals surface area contributed by atoms with Crippen molar-refractivity contribution in [3.63, 3.8) is 0 Å². The average Bonchev–Trinajstić information content (AvgIpc) is 3.15. The maximum atomic E-state index is 11.8. The monoisotopic (exact) mass is 354 g/mol. The first-order valence-electron chi connectivity index (χ1n) is 7.47. The number of nitrogens with zero attached hydrogens (tertiary/aromatic N) is 4. The highest BCUT2D eigenvalue weighted by atomic mass is 16.6. The third kappa shape index (κ3) is 3.01. The van der Waals surface area contributed by atoms with Gasteiger partial charge in [-0.05, 0) is 0 Å². The molecule has 0 bridgehead atoms. The molecule has 7 N–H and O–H groups in total. The number of carbonyl (C=O) groups is 1. The third-order valence-corrected chi connectivity index (χ3v) is 3.93. The normalized spacial score (nSPS) is 27.5. The molecule has 1 aliphatic rings. The molecule has 2 aromatic rings. The summed E-state index contributed by atoms with van der Waals surface area (Å²) in [6.45, 7) is -0.368. The van der Waals surface area contributed by atoms with E-state index in [4.69, 9.17) is 15.6 Å². The molecule has 3 rings (SSSR count). The number of nitrogens with one attached hydrogen (secondary N) is 1. The van der Waals surface area contributed by atoms with Gasteiger partial charge in [-0.1, -0.05) is 0 Å². The second kappa shape index (κ2) is 6.85. The van der Waals surface area contributed by atoms with Crippen LogP contribution < -0.4 is 11.1 Å². The van der Waals surface area contributed by atoms with Crippen LogP contribution in [0.25, 0.3) is 11.2 Å². The number of fused-ring (bicyclic) bond motifs is 1. The Labute approximate surface area is 140 Å². The van der Waals surface area contributed by atoms with E-state index in [0.29, 0.717) is 0 Å². The number of aliphatic hydroxyl groups excluding tert-OH is 4. The van der Waals surface area contributed by atoms with Gasteiger partial charge in [0.25, 0.3) is 5.91 Å². The molecular weight excluding hydrogens is 336 g/mol. The van der Waals surface area contributed by atoms with Crippen LogP contribution in [-0.2, 0) is 9.53 Å². The predicted molar refractivity (Wildman–Crippen MR) is 81.8 cm³/mol. The molecule has 1 unspecified atom stereocenters. The lowest BCUT2D eigenvalue weighted by atomic mass is 10.1. The number of anilines is 1. The quantitative estimate of drug-likeness (QED) is 0.314. The Hall–Kier alpha value is -2.38. The molecule has 136 valence electrons. The van der Waals surface area contributed by atoms with Crippen LogP contribution in [0.1, 0.15) is 6.23 Å². The maximum Gasteiger partial charge on any atom is 0.251 e. The zero-order chi connectivity index (χ0) is 18.1. The summed E-state index contributed by atoms with van der Waals surface area (Å²) in [5.74, 6) is -0.704. The molecule has 5 atom stereocenters. The van der Waals surface area contributed by atoms with Crippen molar-refractivity contribution in [2.24, 2.45) is 0 Å². The molecular formula is C13H18N6O6. The zero-order valence-corrected chi connectivity index (χ0v) is 12.9. The van der Waals surface area contributed by atoms with E-state index in [9.17, 15) is 20.1 Å². The van der Waals surface area contributed by atoms with Crippen molar-refractivity contribution >= 4 is 22.9 Å². The second-order valence-electron chi connectivity index (χ2n) is 5.51. The van der Waals surface area contributed by atoms with Crippen molar-refractivity contribution < 1.29 is 30.0 Å². The average molecular weight is 354 g/mol. The third-order valence-electron chi connectivity index (χ3n) is 3.93. The van der Waals surface area contributed by atoms with Gasteiger partial charge in [0.05, 0.1) is 12.9 Å². The van der Waals surface area contributed by atoms with Gasteiger partial charge < -0.3 is 36.2 Å². The molecule has 25 heavy (non-hydrogen) atoms. The van der Waals surface area contributed by atoms with E-state index in [0.717, 1.165) is 0 Å². The highest BCUT2D eigenvalue weighted by Gasteiger charge is 2.49. The number of hydrogen-bond acceptors (Lipinski definition) is 10. The lowest BCUT2D eigenvalue weighted by molar-refractivity contribution is -0.143. The van der Waals surface area contributed by atoms with Crippen LogP contribution in [-0.4, -0.2) is 83.4 Å². The Morgan fingerprint density at radius 3 is 2.84 bits per heavy atom. The number of nitrogen functional groups attached to an aromatic ring is 1. The van der Waals surface area contributed by atoms with Crippen molar-refractivity contribution in [1.82, 2.24) is 24.8 Å². The highest BCUT2D eigenvalue weighted by molar-refractivity contribution is 5.82. The number of carbonyl (C=O) groups excluding carboxylic acids is 1. The largest absolute Gasteiger partial charge is 0.395 e. The summed E-state index contributed by atoms with van der Waals surface area (Å²) in [5, 5.41) is 41.4. The molecule has 0 radical (unpaired) electrons. The number of aromatic nitrogens is 4. The molecule has 1 amide bonds. The van der Waals surface area contributed by atoms with E-state index in [1.54, 1.807) is 0 Å². The molecule has 1 aliphatic heterocycles. The summed E-state index contributed by atoms with van der Waals surface area (Å²) in [6.07, 6.45) is -4.72. The lowest BCUT2D eigenvalue weighted by Crippen LogP contribution is -2.48. The van der Waals surface area contributed by atoms with Gasteiger partial charge in [0.1, 0.15) is 30.2 Å². The number of nitrogens with two attached hydrogens (primary N) is 1. The minimum atomic E-state index is -1.74. The van der Waals surface area contributed by atoms with Crippen LogP contribution in [0.15, 0.2) is 12.7 Å². The van der Waals surface area contributed by atoms with Crippen LogP contribution in [0.4, 0.5) is 5.82 Å². The number of rotatable bonds is 5. The SMILES string of the molecule is Nc1ncnc2c1ncn2[C@@H]1O[C@H](C(O)C(=O)NCCO)[C@@H](O)[C@H]1O. The summed E-state index contributed by atoms with van der Waals surface area (Å²) in [5.41, 5.74) is 6.26. The number of amides is 1. The molecule has 0 aliphatic carbocycles. The Kier molecular flexibility index (Phi) is 4.78. The number of hydrogen-bond donors (Lipinski definition) is 6. The molecule has 12 nitrogen and oxygen atoms in total. The van der Waals surface area contributed by atoms with Gasteiger partial charge in [-0.2, -0.15) is 0 Å². The summed E-state index contributed by atoms with van der Waals surface area (Å²) >= 11 is 0. The van der Waals surface area contributed by atoms with Gasteiger partial charge in [0, 0.05) is 6.54 Å². The van der Waals surface area contributed by atoms with Gasteiger partial charge in [-0.3, -0.25) is 9.36 Å². The fourth-order valence-corrected chi connectivity index (χ4v) is 2.67. The van der Waals surface area contributed by atoms with Crippen LogP contribution in [0.2, 0.25) is 0 Å². The molecule has 0 spiro atoms. The maximum absolute atomic E-state index is 11.8. The first-order valence-corrected chi connectivity index (χ1v) is 7.47. The number of imidazole rings is 1. The first kappa shape index (κ1) is 17.4. The van der Waals surface area contributed by atoms with Crippen molar-refractivity contribution in [2.45, 2.75) is 30.6 Å². The number of aliphatic hydroxyl groups is 4. The van der Waals surface area contributed by atoms with E-state index in [-0.39, 0.29) is 30.1 Å². The topological polar surface area (TPSA) is 189 Å². The molecule has 12 heteroatoms. The molecule has 0 saturated carbocycles. The van der Waals surface area contributed by atoms with Gasteiger partial charge >= 0.3 is 0 Å². The van der Waals surface area contributed by atoms with E-state index in [2.05, 4.69) is 20.3 Å². The minimum Gasteiger partial charge on any atom is -0.395 e. The van der Waals surface area contributed by atoms with Gasteiger partial charge in [-0.25, -0.2) is 15.0 Å². The van der Waals surface area contributed by atoms with Crippen molar-refractivity contribution in [1.29, 1.82) is 0 Å². The Morgan fingerprint density at radius 2 is 2.12 bits per heavy atom. The standard InChI is InChI=1S/C13H18N6O6/c14-10-5-11(17-3-16-10)19(4-18-5)13-7(22)6(21)9(25-13)8(23)12(24)15-1-2-20/h3-4,6-9,13,20-23H,1-2H2,(H,15,24)(H2,14,16,17)/t6-,7+,8?,9-,13+/m0/s1. The van der Waals surface area contributed by atoms with Gasteiger partial charge in [0.2, 0.25) is 0 Å². The minimum absolute atomic E-state index is 0.0625. The summed E-state index contributed by atoms with van der Waals surface area (Å²) < 4.78 is 6.82. The highest BCUT2D eigenvalue weighted by Crippen LogP contribution is 2.33. The molecule has 0 aromatic carbocycles. The molecule has 3 heterocycles. The lowest BCUT2D eigenvalue weighted by Gasteiger charge is -2.20. The molecule has 1 saturated heterocycles. The van der Waals surface area contributed by atoms with E-state index >= 15 is 0 Å². The van der Waals surface area contributed by atoms with E-state index < -0.39 is 36.6 Å². The van der Waals surface area contributed by atoms with Crippen LogP contribution >= 0.6 is 0 Å². The van der Waals surface area contributed by atoms with Crippen LogP contribution in [0, 0.1) is 0 Å². The zero-order valence-electron chi connectivity index (χ0n) is 12.9. The van der Waals surface area contributed by atoms with E-state index in [1.165, 1.54) is 17.2 Å². The van der Waals surface area contributed by atoms with Gasteiger partial charge in [0.15, 0.2) is 23.8 Å². The molecule has 1 fully saturated rings. The van der Waals surface area contributed by atoms with Crippen molar-refractivity contribution in [2.75, 3.05) is 18.9 Å². The summed E-state index contributed by atoms with van der Waals surface area (Å²) in [4.78, 5) is 23.6. The Balaban J connectivity index is 1.84. The fourth-order valence-electron chi connectivity index (χ4n) is 2.67. The Bertz CT molecular complexity index is 769. The second-order valence-corrected chi connectivity index (χ2v) is 5.51. The summed E-state index contributed by atoms with van der Waals surface area (Å²) in [7, 11) is 0. The van der Waals surface area contributed by atoms with Gasteiger partial charge in [-0.15, -0.1) is 0 Å². The fraction of sp³-hybridized carbons (Fsp3) is 0.538.